The molecule has 0 saturated carbocycles. The molecule has 0 aliphatic carbocycles. The van der Waals surface area contributed by atoms with E-state index in [-0.39, 0.29) is 12.2 Å². The van der Waals surface area contributed by atoms with Crippen molar-refractivity contribution >= 4 is 27.0 Å². The molecule has 2 N–H and O–H groups in total. The maximum absolute atomic E-state index is 12.8. The van der Waals surface area contributed by atoms with Crippen molar-refractivity contribution in [1.82, 2.24) is 14.3 Å². The molecule has 1 aliphatic rings. The van der Waals surface area contributed by atoms with Gasteiger partial charge >= 0.3 is 5.97 Å². The van der Waals surface area contributed by atoms with Crippen molar-refractivity contribution < 1.29 is 23.1 Å². The Labute approximate surface area is 208 Å². The molecule has 0 bridgehead atoms. The van der Waals surface area contributed by atoms with E-state index < -0.39 is 16.0 Å². The van der Waals surface area contributed by atoms with Crippen LogP contribution in [0.1, 0.15) is 28.9 Å². The Kier molecular flexibility index (Phi) is 6.46. The first-order valence-electron chi connectivity index (χ1n) is 11.5. The molecule has 1 aliphatic heterocycles. The summed E-state index contributed by atoms with van der Waals surface area (Å²) in [6.07, 6.45) is 3.50. The lowest BCUT2D eigenvalue weighted by molar-refractivity contribution is 0.0697. The van der Waals surface area contributed by atoms with Crippen molar-refractivity contribution in [2.75, 3.05) is 19.7 Å². The predicted molar refractivity (Wildman–Crippen MR) is 135 cm³/mol. The molecule has 1 fully saturated rings. The number of sulfonamides is 1. The standard InChI is InChI=1S/C27H23N3O5S/c31-27(32)20-5-9-22(10-6-20)35-17-3-4-21-18-25-24(13-14-28-26(25)29-21)19-7-11-23(12-8-19)36(33,34)30-15-1-2-16-30/h5-14,18H,1-2,15-17H2,(H,28,29)(H,31,32). The summed E-state index contributed by atoms with van der Waals surface area (Å²) < 4.78 is 32.7. The van der Waals surface area contributed by atoms with Crippen molar-refractivity contribution in [3.05, 3.63) is 78.1 Å². The minimum Gasteiger partial charge on any atom is -0.481 e. The topological polar surface area (TPSA) is 113 Å². The average Bonchev–Trinajstić information content (AvgIpc) is 3.57. The predicted octanol–water partition coefficient (Wildman–Crippen LogP) is 4.14. The van der Waals surface area contributed by atoms with Gasteiger partial charge in [-0.2, -0.15) is 4.31 Å². The Morgan fingerprint density at radius 2 is 1.78 bits per heavy atom. The number of nitrogens with one attached hydrogen (secondary N) is 1. The zero-order chi connectivity index (χ0) is 25.1. The van der Waals surface area contributed by atoms with Crippen molar-refractivity contribution in [2.24, 2.45) is 0 Å². The number of hydrogen-bond donors (Lipinski definition) is 2. The van der Waals surface area contributed by atoms with Crippen LogP contribution in [0.2, 0.25) is 0 Å². The smallest absolute Gasteiger partial charge is 0.335 e. The number of H-pyrrole nitrogens is 1. The summed E-state index contributed by atoms with van der Waals surface area (Å²) in [6.45, 7) is 1.28. The Morgan fingerprint density at radius 1 is 1.06 bits per heavy atom. The van der Waals surface area contributed by atoms with Crippen LogP contribution in [-0.2, 0) is 10.0 Å². The molecule has 2 aromatic carbocycles. The number of hydrogen-bond acceptors (Lipinski definition) is 5. The second-order valence-corrected chi connectivity index (χ2v) is 10.3. The Balaban J connectivity index is 1.32. The van der Waals surface area contributed by atoms with Crippen LogP contribution in [0.5, 0.6) is 5.75 Å². The van der Waals surface area contributed by atoms with Crippen LogP contribution in [-0.4, -0.2) is 53.5 Å². The van der Waals surface area contributed by atoms with Gasteiger partial charge in [0.15, 0.2) is 0 Å². The lowest BCUT2D eigenvalue weighted by Gasteiger charge is -2.15. The molecule has 8 nitrogen and oxygen atoms in total. The summed E-state index contributed by atoms with van der Waals surface area (Å²) in [6, 6.07) is 16.9. The highest BCUT2D eigenvalue weighted by molar-refractivity contribution is 7.89. The fourth-order valence-corrected chi connectivity index (χ4v) is 5.69. The SMILES string of the molecule is O=C(O)c1ccc(OCC#Cc2cc3c(-c4ccc(S(=O)(=O)N5CCCC5)cc4)ccnc3[nH]2)cc1. The van der Waals surface area contributed by atoms with Crippen LogP contribution in [0.25, 0.3) is 22.2 Å². The third-order valence-electron chi connectivity index (χ3n) is 6.04. The molecule has 0 spiro atoms. The number of fused-ring (bicyclic) bond motifs is 1. The fraction of sp³-hybridized carbons (Fsp3) is 0.185. The average molecular weight is 502 g/mol. The lowest BCUT2D eigenvalue weighted by atomic mass is 10.0. The fourth-order valence-electron chi connectivity index (χ4n) is 4.17. The second kappa shape index (κ2) is 9.85. The van der Waals surface area contributed by atoms with E-state index in [9.17, 15) is 13.2 Å². The van der Waals surface area contributed by atoms with Gasteiger partial charge in [0, 0.05) is 24.7 Å². The van der Waals surface area contributed by atoms with Gasteiger partial charge in [-0.15, -0.1) is 0 Å². The van der Waals surface area contributed by atoms with E-state index in [0.29, 0.717) is 35.1 Å². The summed E-state index contributed by atoms with van der Waals surface area (Å²) in [5.74, 6) is 5.51. The van der Waals surface area contributed by atoms with Gasteiger partial charge in [0.05, 0.1) is 16.2 Å². The molecule has 4 aromatic rings. The molecular weight excluding hydrogens is 478 g/mol. The van der Waals surface area contributed by atoms with Crippen molar-refractivity contribution in [3.63, 3.8) is 0 Å². The van der Waals surface area contributed by atoms with Crippen molar-refractivity contribution in [3.8, 4) is 28.7 Å². The molecular formula is C27H23N3O5S. The van der Waals surface area contributed by atoms with Crippen molar-refractivity contribution in [2.45, 2.75) is 17.7 Å². The molecule has 1 saturated heterocycles. The molecule has 3 heterocycles. The number of nitrogens with zero attached hydrogens (tertiary/aromatic N) is 2. The zero-order valence-corrected chi connectivity index (χ0v) is 20.1. The van der Waals surface area contributed by atoms with Gasteiger partial charge in [0.1, 0.15) is 18.0 Å². The molecule has 0 amide bonds. The highest BCUT2D eigenvalue weighted by atomic mass is 32.2. The number of aromatic nitrogens is 2. The molecule has 2 aromatic heterocycles. The summed E-state index contributed by atoms with van der Waals surface area (Å²) in [4.78, 5) is 18.8. The highest BCUT2D eigenvalue weighted by Crippen LogP contribution is 2.30. The zero-order valence-electron chi connectivity index (χ0n) is 19.3. The number of aromatic carboxylic acids is 1. The summed E-state index contributed by atoms with van der Waals surface area (Å²) in [5.41, 5.74) is 3.34. The van der Waals surface area contributed by atoms with Crippen LogP contribution < -0.4 is 4.74 Å². The van der Waals surface area contributed by atoms with Crippen LogP contribution in [0.3, 0.4) is 0 Å². The van der Waals surface area contributed by atoms with Gasteiger partial charge in [0.2, 0.25) is 10.0 Å². The molecule has 0 atom stereocenters. The first-order chi connectivity index (χ1) is 17.4. The van der Waals surface area contributed by atoms with Gasteiger partial charge < -0.3 is 14.8 Å². The Bertz CT molecular complexity index is 1570. The summed E-state index contributed by atoms with van der Waals surface area (Å²) >= 11 is 0. The third-order valence-corrected chi connectivity index (χ3v) is 7.95. The molecule has 5 rings (SSSR count). The van der Waals surface area contributed by atoms with Crippen LogP contribution in [0.4, 0.5) is 0 Å². The second-order valence-electron chi connectivity index (χ2n) is 8.36. The number of pyridine rings is 1. The van der Waals surface area contributed by atoms with Gasteiger partial charge in [-0.25, -0.2) is 18.2 Å². The monoisotopic (exact) mass is 501 g/mol. The van der Waals surface area contributed by atoms with E-state index in [4.69, 9.17) is 9.84 Å². The van der Waals surface area contributed by atoms with Gasteiger partial charge in [-0.1, -0.05) is 18.1 Å². The molecule has 9 heteroatoms. The van der Waals surface area contributed by atoms with Gasteiger partial charge in [0.25, 0.3) is 0 Å². The van der Waals surface area contributed by atoms with Crippen molar-refractivity contribution in [1.29, 1.82) is 0 Å². The minimum atomic E-state index is -3.46. The maximum atomic E-state index is 12.8. The quantitative estimate of drug-likeness (QED) is 0.384. The van der Waals surface area contributed by atoms with Gasteiger partial charge in [-0.3, -0.25) is 0 Å². The maximum Gasteiger partial charge on any atom is 0.335 e. The van der Waals surface area contributed by atoms with Crippen LogP contribution >= 0.6 is 0 Å². The number of benzene rings is 2. The van der Waals surface area contributed by atoms with Crippen LogP contribution in [0.15, 0.2) is 71.8 Å². The minimum absolute atomic E-state index is 0.134. The van der Waals surface area contributed by atoms with E-state index >= 15 is 0 Å². The van der Waals surface area contributed by atoms with Crippen LogP contribution in [0, 0.1) is 11.8 Å². The molecule has 36 heavy (non-hydrogen) atoms. The number of carboxylic acids is 1. The first kappa shape index (κ1) is 23.6. The number of rotatable bonds is 6. The molecule has 182 valence electrons. The van der Waals surface area contributed by atoms with Gasteiger partial charge in [-0.05, 0) is 78.4 Å². The number of carboxylic acid groups (broad SMARTS) is 1. The number of ether oxygens (including phenoxy) is 1. The van der Waals surface area contributed by atoms with E-state index in [1.54, 1.807) is 34.8 Å². The molecule has 0 radical (unpaired) electrons. The van der Waals surface area contributed by atoms with E-state index in [0.717, 1.165) is 29.4 Å². The largest absolute Gasteiger partial charge is 0.481 e. The highest BCUT2D eigenvalue weighted by Gasteiger charge is 2.27. The Morgan fingerprint density at radius 3 is 2.47 bits per heavy atom. The van der Waals surface area contributed by atoms with E-state index in [2.05, 4.69) is 21.8 Å². The Hall–Kier alpha value is -4.13. The third kappa shape index (κ3) is 4.82. The number of aromatic amines is 1. The summed E-state index contributed by atoms with van der Waals surface area (Å²) in [5, 5.41) is 9.83. The first-order valence-corrected chi connectivity index (χ1v) is 12.9. The van der Waals surface area contributed by atoms with E-state index in [1.807, 2.05) is 24.3 Å². The molecule has 0 unspecified atom stereocenters. The van der Waals surface area contributed by atoms with E-state index in [1.165, 1.54) is 12.1 Å². The number of carbonyl (C=O) groups is 1. The summed E-state index contributed by atoms with van der Waals surface area (Å²) in [7, 11) is -3.46. The lowest BCUT2D eigenvalue weighted by Crippen LogP contribution is -2.27. The normalized spacial score (nSPS) is 13.9.